The fourth-order valence-corrected chi connectivity index (χ4v) is 4.42. The van der Waals surface area contributed by atoms with Crippen LogP contribution in [0.15, 0.2) is 126 Å². The summed E-state index contributed by atoms with van der Waals surface area (Å²) >= 11 is 0. The summed E-state index contributed by atoms with van der Waals surface area (Å²) in [6, 6.07) is 40.0. The smallest absolute Gasteiger partial charge is 0.276 e. The minimum Gasteiger partial charge on any atom is -0.379 e. The highest BCUT2D eigenvalue weighted by Crippen LogP contribution is 2.24. The van der Waals surface area contributed by atoms with Crippen LogP contribution >= 0.6 is 0 Å². The van der Waals surface area contributed by atoms with Crippen LogP contribution in [-0.2, 0) is 19.6 Å². The van der Waals surface area contributed by atoms with E-state index in [1.54, 1.807) is 4.57 Å². The van der Waals surface area contributed by atoms with E-state index in [-0.39, 0.29) is 5.56 Å². The first-order chi connectivity index (χ1) is 18.7. The number of anilines is 2. The second-order valence-electron chi connectivity index (χ2n) is 9.07. The largest absolute Gasteiger partial charge is 0.379 e. The van der Waals surface area contributed by atoms with E-state index in [9.17, 15) is 10.1 Å². The second-order valence-corrected chi connectivity index (χ2v) is 9.07. The van der Waals surface area contributed by atoms with E-state index in [4.69, 9.17) is 0 Å². The maximum absolute atomic E-state index is 13.6. The number of nitrogens with zero attached hydrogens (tertiary/aromatic N) is 2. The van der Waals surface area contributed by atoms with Crippen LogP contribution in [0.3, 0.4) is 0 Å². The zero-order valence-corrected chi connectivity index (χ0v) is 21.0. The summed E-state index contributed by atoms with van der Waals surface area (Å²) in [7, 11) is 0. The fraction of sp³-hybridized carbons (Fsp3) is 0.0909. The van der Waals surface area contributed by atoms with Gasteiger partial charge in [0, 0.05) is 19.3 Å². The second kappa shape index (κ2) is 11.8. The van der Waals surface area contributed by atoms with E-state index in [2.05, 4.69) is 28.8 Å². The van der Waals surface area contributed by atoms with E-state index in [0.717, 1.165) is 33.5 Å². The summed E-state index contributed by atoms with van der Waals surface area (Å²) in [6.07, 6.45) is 1.84. The first kappa shape index (κ1) is 24.6. The molecule has 2 N–H and O–H groups in total. The lowest BCUT2D eigenvalue weighted by Gasteiger charge is -2.16. The summed E-state index contributed by atoms with van der Waals surface area (Å²) in [5.41, 5.74) is 7.02. The first-order valence-corrected chi connectivity index (χ1v) is 12.6. The molecule has 4 aromatic carbocycles. The lowest BCUT2D eigenvalue weighted by molar-refractivity contribution is 0.760. The number of nitrogens with one attached hydrogen (secondary N) is 2. The molecule has 0 saturated heterocycles. The molecule has 0 atom stereocenters. The van der Waals surface area contributed by atoms with Gasteiger partial charge in [-0.3, -0.25) is 4.79 Å². The van der Waals surface area contributed by atoms with Gasteiger partial charge in [0.2, 0.25) is 0 Å². The molecule has 186 valence electrons. The van der Waals surface area contributed by atoms with Gasteiger partial charge in [-0.05, 0) is 39.9 Å². The van der Waals surface area contributed by atoms with Crippen LogP contribution in [0.25, 0.3) is 11.1 Å². The molecule has 5 nitrogen and oxygen atoms in total. The van der Waals surface area contributed by atoms with Crippen molar-refractivity contribution in [2.45, 2.75) is 19.6 Å². The molecule has 5 aromatic rings. The third-order valence-electron chi connectivity index (χ3n) is 6.47. The Balaban J connectivity index is 1.38. The van der Waals surface area contributed by atoms with E-state index in [0.29, 0.717) is 30.9 Å². The molecule has 0 aliphatic carbocycles. The lowest BCUT2D eigenvalue weighted by atomic mass is 9.99. The van der Waals surface area contributed by atoms with Gasteiger partial charge < -0.3 is 15.2 Å². The van der Waals surface area contributed by atoms with Gasteiger partial charge in [0.1, 0.15) is 5.69 Å². The summed E-state index contributed by atoms with van der Waals surface area (Å²) < 4.78 is 1.73. The summed E-state index contributed by atoms with van der Waals surface area (Å²) in [5, 5.41) is 16.3. The number of aromatic nitrogens is 1. The Morgan fingerprint density at radius 3 is 1.97 bits per heavy atom. The van der Waals surface area contributed by atoms with E-state index < -0.39 is 0 Å². The van der Waals surface area contributed by atoms with Gasteiger partial charge in [0.05, 0.1) is 23.9 Å². The molecule has 0 aliphatic heterocycles. The summed E-state index contributed by atoms with van der Waals surface area (Å²) in [5.74, 6) is 0. The molecule has 0 saturated carbocycles. The molecule has 1 aromatic heterocycles. The Morgan fingerprint density at radius 1 is 0.658 bits per heavy atom. The molecular weight excluding hydrogens is 468 g/mol. The number of hydrogen-bond acceptors (Lipinski definition) is 4. The van der Waals surface area contributed by atoms with Crippen LogP contribution in [0.5, 0.6) is 0 Å². The Hall–Kier alpha value is -5.08. The van der Waals surface area contributed by atoms with Crippen molar-refractivity contribution in [3.63, 3.8) is 0 Å². The van der Waals surface area contributed by atoms with Gasteiger partial charge in [-0.1, -0.05) is 103 Å². The minimum atomic E-state index is -0.0773. The quantitative estimate of drug-likeness (QED) is 0.239. The first-order valence-electron chi connectivity index (χ1n) is 12.6. The highest BCUT2D eigenvalue weighted by atomic mass is 16.1. The van der Waals surface area contributed by atoms with Crippen molar-refractivity contribution >= 4 is 11.4 Å². The summed E-state index contributed by atoms with van der Waals surface area (Å²) in [6.45, 7) is 1.61. The standard InChI is InChI=1S/C33H28N4O/c34-21-29-13-7-8-14-30(29)28-17-15-26(16-18-28)23-36-32-31(35-22-25-9-3-1-4-10-25)19-20-37(33(32)38)24-27-11-5-2-6-12-27/h1-20,35-36H,22-24H2. The highest BCUT2D eigenvalue weighted by Gasteiger charge is 2.11. The SMILES string of the molecule is N#Cc1ccccc1-c1ccc(CNc2c(NCc3ccccc3)ccn(Cc3ccccc3)c2=O)cc1. The number of benzene rings is 4. The van der Waals surface area contributed by atoms with Crippen molar-refractivity contribution in [2.75, 3.05) is 10.6 Å². The van der Waals surface area contributed by atoms with E-state index >= 15 is 0 Å². The molecule has 5 rings (SSSR count). The predicted molar refractivity (Wildman–Crippen MR) is 154 cm³/mol. The molecule has 0 fully saturated rings. The van der Waals surface area contributed by atoms with Crippen LogP contribution in [0.1, 0.15) is 22.3 Å². The number of rotatable bonds is 9. The van der Waals surface area contributed by atoms with Crippen molar-refractivity contribution < 1.29 is 0 Å². The normalized spacial score (nSPS) is 10.5. The molecule has 0 bridgehead atoms. The lowest BCUT2D eigenvalue weighted by Crippen LogP contribution is -2.25. The molecule has 38 heavy (non-hydrogen) atoms. The third-order valence-corrected chi connectivity index (χ3v) is 6.47. The van der Waals surface area contributed by atoms with Gasteiger partial charge in [-0.2, -0.15) is 5.26 Å². The number of pyridine rings is 1. The van der Waals surface area contributed by atoms with Crippen molar-refractivity contribution in [3.8, 4) is 17.2 Å². The predicted octanol–water partition coefficient (Wildman–Crippen LogP) is 6.66. The van der Waals surface area contributed by atoms with Gasteiger partial charge in [0.15, 0.2) is 0 Å². The Kier molecular flexibility index (Phi) is 7.62. The topological polar surface area (TPSA) is 69.8 Å². The molecule has 0 unspecified atom stereocenters. The zero-order valence-electron chi connectivity index (χ0n) is 21.0. The van der Waals surface area contributed by atoms with Crippen LogP contribution in [-0.4, -0.2) is 4.57 Å². The highest BCUT2D eigenvalue weighted by molar-refractivity contribution is 5.71. The van der Waals surface area contributed by atoms with Gasteiger partial charge in [-0.15, -0.1) is 0 Å². The summed E-state index contributed by atoms with van der Waals surface area (Å²) in [4.78, 5) is 13.6. The monoisotopic (exact) mass is 496 g/mol. The van der Waals surface area contributed by atoms with Gasteiger partial charge in [0.25, 0.3) is 5.56 Å². The van der Waals surface area contributed by atoms with Crippen LogP contribution in [0, 0.1) is 11.3 Å². The average Bonchev–Trinajstić information content (AvgIpc) is 2.98. The fourth-order valence-electron chi connectivity index (χ4n) is 4.42. The van der Waals surface area contributed by atoms with Crippen molar-refractivity contribution in [2.24, 2.45) is 0 Å². The van der Waals surface area contributed by atoms with Crippen molar-refractivity contribution in [3.05, 3.63) is 154 Å². The molecular formula is C33H28N4O. The van der Waals surface area contributed by atoms with E-state index in [1.165, 1.54) is 0 Å². The minimum absolute atomic E-state index is 0.0773. The zero-order chi connectivity index (χ0) is 26.2. The maximum Gasteiger partial charge on any atom is 0.276 e. The van der Waals surface area contributed by atoms with Gasteiger partial charge >= 0.3 is 0 Å². The molecule has 5 heteroatoms. The molecule has 0 spiro atoms. The van der Waals surface area contributed by atoms with Crippen molar-refractivity contribution in [1.29, 1.82) is 5.26 Å². The molecule has 0 aliphatic rings. The Bertz CT molecular complexity index is 1600. The van der Waals surface area contributed by atoms with Crippen LogP contribution in [0.2, 0.25) is 0 Å². The molecule has 1 heterocycles. The number of nitriles is 1. The van der Waals surface area contributed by atoms with E-state index in [1.807, 2.05) is 109 Å². The number of hydrogen-bond donors (Lipinski definition) is 2. The van der Waals surface area contributed by atoms with Crippen molar-refractivity contribution in [1.82, 2.24) is 4.57 Å². The molecule has 0 amide bonds. The van der Waals surface area contributed by atoms with Gasteiger partial charge in [-0.25, -0.2) is 0 Å². The maximum atomic E-state index is 13.6. The Labute approximate surface area is 222 Å². The van der Waals surface area contributed by atoms with Crippen LogP contribution in [0.4, 0.5) is 11.4 Å². The Morgan fingerprint density at radius 2 is 1.26 bits per heavy atom. The van der Waals surface area contributed by atoms with Crippen LogP contribution < -0.4 is 16.2 Å². The average molecular weight is 497 g/mol. The molecule has 0 radical (unpaired) electrons. The third kappa shape index (κ3) is 5.83.